The van der Waals surface area contributed by atoms with Gasteiger partial charge in [-0.15, -0.1) is 0 Å². The first-order valence-corrected chi connectivity index (χ1v) is 6.62. The molecule has 0 aliphatic heterocycles. The maximum Gasteiger partial charge on any atom is 0.322 e. The Morgan fingerprint density at radius 2 is 2.00 bits per heavy atom. The van der Waals surface area contributed by atoms with Crippen molar-refractivity contribution in [3.05, 3.63) is 47.3 Å². The number of aromatic nitrogens is 2. The summed E-state index contributed by atoms with van der Waals surface area (Å²) in [6, 6.07) is 8.22. The van der Waals surface area contributed by atoms with Crippen molar-refractivity contribution >= 4 is 0 Å². The monoisotopic (exact) mass is 272 g/mol. The van der Waals surface area contributed by atoms with E-state index in [-0.39, 0.29) is 12.0 Å². The highest BCUT2D eigenvalue weighted by Crippen LogP contribution is 2.27. The highest BCUT2D eigenvalue weighted by atomic mass is 16.5. The molecule has 2 rings (SSSR count). The number of nitrogens with zero attached hydrogens (tertiary/aromatic N) is 2. The molecule has 0 saturated carbocycles. The Balaban J connectivity index is 2.24. The second-order valence-corrected chi connectivity index (χ2v) is 5.80. The summed E-state index contributed by atoms with van der Waals surface area (Å²) in [6.45, 7) is 8.23. The highest BCUT2D eigenvalue weighted by Gasteiger charge is 2.14. The fourth-order valence-electron chi connectivity index (χ4n) is 1.81. The zero-order valence-corrected chi connectivity index (χ0v) is 12.3. The van der Waals surface area contributed by atoms with Gasteiger partial charge in [-0.05, 0) is 30.0 Å². The van der Waals surface area contributed by atoms with E-state index < -0.39 is 0 Å². The van der Waals surface area contributed by atoms with E-state index in [0.717, 1.165) is 5.69 Å². The molecule has 0 bridgehead atoms. The van der Waals surface area contributed by atoms with E-state index in [1.54, 1.807) is 6.20 Å². The third kappa shape index (κ3) is 3.33. The smallest absolute Gasteiger partial charge is 0.322 e. The van der Waals surface area contributed by atoms with Gasteiger partial charge in [0.2, 0.25) is 0 Å². The van der Waals surface area contributed by atoms with Gasteiger partial charge >= 0.3 is 6.01 Å². The van der Waals surface area contributed by atoms with Crippen LogP contribution in [-0.2, 0) is 12.0 Å². The Hall–Kier alpha value is -1.94. The molecule has 0 atom stereocenters. The zero-order chi connectivity index (χ0) is 14.8. The normalized spacial score (nSPS) is 11.4. The maximum absolute atomic E-state index is 9.10. The maximum atomic E-state index is 9.10. The van der Waals surface area contributed by atoms with Crippen molar-refractivity contribution in [1.82, 2.24) is 9.97 Å². The van der Waals surface area contributed by atoms with E-state index in [9.17, 15) is 0 Å². The average molecular weight is 272 g/mol. The zero-order valence-electron chi connectivity index (χ0n) is 12.3. The van der Waals surface area contributed by atoms with Crippen LogP contribution in [0.3, 0.4) is 0 Å². The second kappa shape index (κ2) is 5.59. The summed E-state index contributed by atoms with van der Waals surface area (Å²) >= 11 is 0. The minimum atomic E-state index is -0.0639. The summed E-state index contributed by atoms with van der Waals surface area (Å²) in [5, 5.41) is 9.10. The lowest BCUT2D eigenvalue weighted by atomic mass is 9.87. The highest BCUT2D eigenvalue weighted by molar-refractivity contribution is 5.34. The van der Waals surface area contributed by atoms with E-state index in [1.807, 2.05) is 25.1 Å². The van der Waals surface area contributed by atoms with Crippen molar-refractivity contribution in [3.8, 4) is 11.8 Å². The van der Waals surface area contributed by atoms with Crippen LogP contribution < -0.4 is 4.74 Å². The lowest BCUT2D eigenvalue weighted by Gasteiger charge is -2.19. The predicted molar refractivity (Wildman–Crippen MR) is 77.9 cm³/mol. The number of aryl methyl sites for hydroxylation is 1. The molecule has 0 aliphatic rings. The molecule has 0 saturated heterocycles. The van der Waals surface area contributed by atoms with Crippen molar-refractivity contribution in [2.24, 2.45) is 0 Å². The molecular formula is C16H20N2O2. The number of benzene rings is 1. The topological polar surface area (TPSA) is 55.2 Å². The predicted octanol–water partition coefficient (Wildman–Crippen LogP) is 3.37. The Bertz CT molecular complexity index is 604. The number of ether oxygens (including phenoxy) is 1. The number of aliphatic hydroxyl groups is 1. The minimum absolute atomic E-state index is 0.0639. The molecule has 0 radical (unpaired) electrons. The van der Waals surface area contributed by atoms with Crippen LogP contribution in [0.5, 0.6) is 11.8 Å². The minimum Gasteiger partial charge on any atom is -0.424 e. The molecule has 1 aromatic carbocycles. The third-order valence-corrected chi connectivity index (χ3v) is 3.14. The molecule has 106 valence electrons. The van der Waals surface area contributed by atoms with Crippen molar-refractivity contribution in [2.45, 2.75) is 39.7 Å². The summed E-state index contributed by atoms with van der Waals surface area (Å²) in [7, 11) is 0. The number of rotatable bonds is 3. The molecule has 0 fully saturated rings. The van der Waals surface area contributed by atoms with Gasteiger partial charge in [-0.1, -0.05) is 32.9 Å². The molecule has 4 heteroatoms. The largest absolute Gasteiger partial charge is 0.424 e. The van der Waals surface area contributed by atoms with Crippen LogP contribution in [0.25, 0.3) is 0 Å². The quantitative estimate of drug-likeness (QED) is 0.930. The lowest BCUT2D eigenvalue weighted by molar-refractivity contribution is 0.279. The summed E-state index contributed by atoms with van der Waals surface area (Å²) < 4.78 is 5.69. The van der Waals surface area contributed by atoms with Crippen molar-refractivity contribution < 1.29 is 9.84 Å². The standard InChI is InChI=1S/C16H20N2O2/c1-11-12(10-19)9-17-15(18-11)20-14-7-5-6-13(8-14)16(2,3)4/h5-9,19H,10H2,1-4H3. The van der Waals surface area contributed by atoms with Crippen molar-refractivity contribution in [3.63, 3.8) is 0 Å². The summed E-state index contributed by atoms with van der Waals surface area (Å²) in [5.41, 5.74) is 2.70. The SMILES string of the molecule is Cc1nc(Oc2cccc(C(C)(C)C)c2)ncc1CO. The molecule has 4 nitrogen and oxygen atoms in total. The van der Waals surface area contributed by atoms with Crippen molar-refractivity contribution in [1.29, 1.82) is 0 Å². The van der Waals surface area contributed by atoms with Gasteiger partial charge < -0.3 is 9.84 Å². The van der Waals surface area contributed by atoms with Gasteiger partial charge in [-0.3, -0.25) is 0 Å². The van der Waals surface area contributed by atoms with Gasteiger partial charge in [0.25, 0.3) is 0 Å². The van der Waals surface area contributed by atoms with Gasteiger partial charge in [0.1, 0.15) is 5.75 Å². The molecule has 0 amide bonds. The molecule has 1 aromatic heterocycles. The van der Waals surface area contributed by atoms with Crippen LogP contribution in [0, 0.1) is 6.92 Å². The van der Waals surface area contributed by atoms with Gasteiger partial charge in [0, 0.05) is 11.8 Å². The van der Waals surface area contributed by atoms with E-state index in [1.165, 1.54) is 5.56 Å². The van der Waals surface area contributed by atoms with Gasteiger partial charge in [0.15, 0.2) is 0 Å². The third-order valence-electron chi connectivity index (χ3n) is 3.14. The molecule has 1 N–H and O–H groups in total. The molecule has 1 heterocycles. The first-order valence-electron chi connectivity index (χ1n) is 6.62. The van der Waals surface area contributed by atoms with Crippen molar-refractivity contribution in [2.75, 3.05) is 0 Å². The summed E-state index contributed by atoms with van der Waals surface area (Å²) in [5.74, 6) is 0.716. The molecular weight excluding hydrogens is 252 g/mol. The van der Waals surface area contributed by atoms with E-state index >= 15 is 0 Å². The number of hydrogen-bond donors (Lipinski definition) is 1. The molecule has 0 unspecified atom stereocenters. The second-order valence-electron chi connectivity index (χ2n) is 5.80. The van der Waals surface area contributed by atoms with E-state index in [0.29, 0.717) is 17.3 Å². The van der Waals surface area contributed by atoms with Gasteiger partial charge in [-0.2, -0.15) is 4.98 Å². The van der Waals surface area contributed by atoms with Gasteiger partial charge in [0.05, 0.1) is 12.3 Å². The lowest BCUT2D eigenvalue weighted by Crippen LogP contribution is -2.10. The number of hydrogen-bond acceptors (Lipinski definition) is 4. The molecule has 20 heavy (non-hydrogen) atoms. The van der Waals surface area contributed by atoms with E-state index in [2.05, 4.69) is 36.8 Å². The van der Waals surface area contributed by atoms with Crippen LogP contribution >= 0.6 is 0 Å². The molecule has 0 spiro atoms. The Morgan fingerprint density at radius 3 is 2.60 bits per heavy atom. The van der Waals surface area contributed by atoms with Gasteiger partial charge in [-0.25, -0.2) is 4.98 Å². The average Bonchev–Trinajstić information content (AvgIpc) is 2.38. The van der Waals surface area contributed by atoms with Crippen LogP contribution in [0.15, 0.2) is 30.5 Å². The Labute approximate surface area is 119 Å². The van der Waals surface area contributed by atoms with Crippen LogP contribution in [0.1, 0.15) is 37.6 Å². The summed E-state index contributed by atoms with van der Waals surface area (Å²) in [6.07, 6.45) is 1.59. The Morgan fingerprint density at radius 1 is 1.25 bits per heavy atom. The Kier molecular flexibility index (Phi) is 4.04. The fourth-order valence-corrected chi connectivity index (χ4v) is 1.81. The van der Waals surface area contributed by atoms with Crippen LogP contribution in [-0.4, -0.2) is 15.1 Å². The molecule has 0 aliphatic carbocycles. The number of aliphatic hydroxyl groups excluding tert-OH is 1. The van der Waals surface area contributed by atoms with Crippen LogP contribution in [0.4, 0.5) is 0 Å². The first-order chi connectivity index (χ1) is 9.40. The van der Waals surface area contributed by atoms with E-state index in [4.69, 9.17) is 9.84 Å². The molecule has 2 aromatic rings. The first kappa shape index (κ1) is 14.5. The van der Waals surface area contributed by atoms with Crippen LogP contribution in [0.2, 0.25) is 0 Å². The summed E-state index contributed by atoms with van der Waals surface area (Å²) in [4.78, 5) is 8.34. The fraction of sp³-hybridized carbons (Fsp3) is 0.375.